The van der Waals surface area contributed by atoms with E-state index >= 15 is 0 Å². The highest BCUT2D eigenvalue weighted by molar-refractivity contribution is 6.29. The summed E-state index contributed by atoms with van der Waals surface area (Å²) in [5.41, 5.74) is 1.65. The molecule has 0 aliphatic heterocycles. The maximum atomic E-state index is 6.10. The van der Waals surface area contributed by atoms with Crippen molar-refractivity contribution in [1.29, 1.82) is 0 Å². The molecular weight excluding hydrogens is 240 g/mol. The number of ether oxygens (including phenoxy) is 1. The third-order valence-corrected chi connectivity index (χ3v) is 2.45. The lowest BCUT2D eigenvalue weighted by Crippen LogP contribution is -2.04. The van der Waals surface area contributed by atoms with Crippen molar-refractivity contribution in [3.8, 4) is 5.82 Å². The van der Waals surface area contributed by atoms with Gasteiger partial charge in [0, 0.05) is 24.9 Å². The summed E-state index contributed by atoms with van der Waals surface area (Å²) in [6, 6.07) is 3.60. The SMILES string of the molecule is COCc1cc(Cl)n(-c2cc(C)nc(C)n2)n1. The Kier molecular flexibility index (Phi) is 3.40. The van der Waals surface area contributed by atoms with Gasteiger partial charge in [0.05, 0.1) is 12.3 Å². The van der Waals surface area contributed by atoms with Gasteiger partial charge in [-0.2, -0.15) is 5.10 Å². The van der Waals surface area contributed by atoms with Crippen LogP contribution in [-0.4, -0.2) is 26.9 Å². The Morgan fingerprint density at radius 1 is 1.29 bits per heavy atom. The Morgan fingerprint density at radius 2 is 2.06 bits per heavy atom. The van der Waals surface area contributed by atoms with Crippen LogP contribution in [0.3, 0.4) is 0 Å². The third-order valence-electron chi connectivity index (χ3n) is 2.18. The normalized spacial score (nSPS) is 10.8. The molecule has 2 aromatic rings. The molecule has 5 nitrogen and oxygen atoms in total. The van der Waals surface area contributed by atoms with Gasteiger partial charge in [0.2, 0.25) is 0 Å². The fourth-order valence-corrected chi connectivity index (χ4v) is 1.84. The van der Waals surface area contributed by atoms with Gasteiger partial charge in [-0.15, -0.1) is 0 Å². The summed E-state index contributed by atoms with van der Waals surface area (Å²) in [5, 5.41) is 4.83. The molecule has 0 aliphatic rings. The number of halogens is 1. The van der Waals surface area contributed by atoms with E-state index < -0.39 is 0 Å². The van der Waals surface area contributed by atoms with Gasteiger partial charge >= 0.3 is 0 Å². The maximum absolute atomic E-state index is 6.10. The number of hydrogen-bond acceptors (Lipinski definition) is 4. The van der Waals surface area contributed by atoms with E-state index in [9.17, 15) is 0 Å². The van der Waals surface area contributed by atoms with Crippen LogP contribution in [0.4, 0.5) is 0 Å². The molecule has 0 bridgehead atoms. The second-order valence-electron chi connectivity index (χ2n) is 3.72. The van der Waals surface area contributed by atoms with Crippen LogP contribution in [-0.2, 0) is 11.3 Å². The molecule has 2 rings (SSSR count). The molecule has 0 N–H and O–H groups in total. The molecular formula is C11H13ClN4O. The van der Waals surface area contributed by atoms with E-state index in [4.69, 9.17) is 16.3 Å². The second-order valence-corrected chi connectivity index (χ2v) is 4.11. The molecule has 0 spiro atoms. The summed E-state index contributed by atoms with van der Waals surface area (Å²) in [6.07, 6.45) is 0. The molecule has 0 atom stereocenters. The lowest BCUT2D eigenvalue weighted by molar-refractivity contribution is 0.181. The molecule has 0 aliphatic carbocycles. The fourth-order valence-electron chi connectivity index (χ4n) is 1.59. The quantitative estimate of drug-likeness (QED) is 0.839. The molecule has 90 valence electrons. The van der Waals surface area contributed by atoms with E-state index in [-0.39, 0.29) is 0 Å². The van der Waals surface area contributed by atoms with Crippen molar-refractivity contribution in [2.75, 3.05) is 7.11 Å². The molecule has 0 unspecified atom stereocenters. The van der Waals surface area contributed by atoms with Crippen molar-refractivity contribution in [3.63, 3.8) is 0 Å². The van der Waals surface area contributed by atoms with Crippen molar-refractivity contribution < 1.29 is 4.74 Å². The average Bonchev–Trinajstić information content (AvgIpc) is 2.58. The van der Waals surface area contributed by atoms with Crippen molar-refractivity contribution in [2.24, 2.45) is 0 Å². The number of rotatable bonds is 3. The summed E-state index contributed by atoms with van der Waals surface area (Å²) < 4.78 is 6.59. The van der Waals surface area contributed by atoms with Crippen LogP contribution in [0.25, 0.3) is 5.82 Å². The van der Waals surface area contributed by atoms with Crippen molar-refractivity contribution in [3.05, 3.63) is 34.5 Å². The smallest absolute Gasteiger partial charge is 0.159 e. The Morgan fingerprint density at radius 3 is 2.71 bits per heavy atom. The summed E-state index contributed by atoms with van der Waals surface area (Å²) >= 11 is 6.10. The Labute approximate surface area is 104 Å². The Balaban J connectivity index is 2.44. The molecule has 0 radical (unpaired) electrons. The van der Waals surface area contributed by atoms with Crippen LogP contribution in [0.15, 0.2) is 12.1 Å². The molecule has 0 saturated heterocycles. The molecule has 2 heterocycles. The second kappa shape index (κ2) is 4.81. The third kappa shape index (κ3) is 2.62. The van der Waals surface area contributed by atoms with Crippen LogP contribution in [0, 0.1) is 13.8 Å². The number of hydrogen-bond donors (Lipinski definition) is 0. The monoisotopic (exact) mass is 252 g/mol. The lowest BCUT2D eigenvalue weighted by Gasteiger charge is -2.04. The van der Waals surface area contributed by atoms with Crippen LogP contribution in [0.5, 0.6) is 0 Å². The zero-order valence-electron chi connectivity index (χ0n) is 9.94. The zero-order chi connectivity index (χ0) is 12.4. The Hall–Kier alpha value is -1.46. The molecule has 6 heteroatoms. The first-order valence-electron chi connectivity index (χ1n) is 5.16. The van der Waals surface area contributed by atoms with Gasteiger partial charge in [-0.1, -0.05) is 11.6 Å². The van der Waals surface area contributed by atoms with E-state index in [0.717, 1.165) is 11.4 Å². The van der Waals surface area contributed by atoms with Crippen molar-refractivity contribution in [2.45, 2.75) is 20.5 Å². The minimum atomic E-state index is 0.426. The van der Waals surface area contributed by atoms with Crippen LogP contribution in [0.2, 0.25) is 5.15 Å². The number of aromatic nitrogens is 4. The summed E-state index contributed by atoms with van der Waals surface area (Å²) in [7, 11) is 1.62. The van der Waals surface area contributed by atoms with Crippen LogP contribution >= 0.6 is 11.6 Å². The fraction of sp³-hybridized carbons (Fsp3) is 0.364. The highest BCUT2D eigenvalue weighted by Crippen LogP contribution is 2.16. The number of aryl methyl sites for hydroxylation is 2. The Bertz CT molecular complexity index is 518. The minimum absolute atomic E-state index is 0.426. The van der Waals surface area contributed by atoms with Crippen molar-refractivity contribution >= 4 is 11.6 Å². The molecule has 2 aromatic heterocycles. The molecule has 0 saturated carbocycles. The van der Waals surface area contributed by atoms with Gasteiger partial charge in [-0.25, -0.2) is 14.6 Å². The van der Waals surface area contributed by atoms with Gasteiger partial charge < -0.3 is 4.74 Å². The maximum Gasteiger partial charge on any atom is 0.159 e. The van der Waals surface area contributed by atoms with Gasteiger partial charge in [0.25, 0.3) is 0 Å². The predicted molar refractivity (Wildman–Crippen MR) is 64.4 cm³/mol. The topological polar surface area (TPSA) is 52.8 Å². The van der Waals surface area contributed by atoms with E-state index in [2.05, 4.69) is 15.1 Å². The highest BCUT2D eigenvalue weighted by Gasteiger charge is 2.09. The molecule has 0 amide bonds. The highest BCUT2D eigenvalue weighted by atomic mass is 35.5. The van der Waals surface area contributed by atoms with Gasteiger partial charge in [-0.3, -0.25) is 0 Å². The summed E-state index contributed by atoms with van der Waals surface area (Å²) in [5.74, 6) is 1.36. The first kappa shape index (κ1) is 12.0. The first-order valence-corrected chi connectivity index (χ1v) is 5.54. The first-order chi connectivity index (χ1) is 8.10. The summed E-state index contributed by atoms with van der Waals surface area (Å²) in [6.45, 7) is 4.17. The molecule has 17 heavy (non-hydrogen) atoms. The van der Waals surface area contributed by atoms with E-state index in [1.54, 1.807) is 17.9 Å². The lowest BCUT2D eigenvalue weighted by atomic mass is 10.4. The average molecular weight is 253 g/mol. The number of methoxy groups -OCH3 is 1. The van der Waals surface area contributed by atoms with Gasteiger partial charge in [0.1, 0.15) is 11.0 Å². The van der Waals surface area contributed by atoms with E-state index in [1.165, 1.54) is 0 Å². The molecule has 0 fully saturated rings. The van der Waals surface area contributed by atoms with E-state index in [0.29, 0.717) is 23.4 Å². The van der Waals surface area contributed by atoms with Gasteiger partial charge in [-0.05, 0) is 13.8 Å². The van der Waals surface area contributed by atoms with Crippen LogP contribution < -0.4 is 0 Å². The predicted octanol–water partition coefficient (Wildman–Crippen LogP) is 2.08. The molecule has 0 aromatic carbocycles. The van der Waals surface area contributed by atoms with Crippen molar-refractivity contribution in [1.82, 2.24) is 19.7 Å². The zero-order valence-corrected chi connectivity index (χ0v) is 10.7. The minimum Gasteiger partial charge on any atom is -0.378 e. The largest absolute Gasteiger partial charge is 0.378 e. The van der Waals surface area contributed by atoms with Gasteiger partial charge in [0.15, 0.2) is 5.82 Å². The number of nitrogens with zero attached hydrogens (tertiary/aromatic N) is 4. The summed E-state index contributed by atoms with van der Waals surface area (Å²) in [4.78, 5) is 8.52. The standard InChI is InChI=1S/C11H13ClN4O/c1-7-4-11(14-8(2)13-7)16-10(12)5-9(15-16)6-17-3/h4-5H,6H2,1-3H3. The van der Waals surface area contributed by atoms with E-state index in [1.807, 2.05) is 19.9 Å². The van der Waals surface area contributed by atoms with Crippen LogP contribution in [0.1, 0.15) is 17.2 Å².